The van der Waals surface area contributed by atoms with Gasteiger partial charge in [-0.25, -0.2) is 0 Å². The first-order valence-electron chi connectivity index (χ1n) is 5.95. The lowest BCUT2D eigenvalue weighted by Crippen LogP contribution is -2.29. The van der Waals surface area contributed by atoms with Gasteiger partial charge in [-0.3, -0.25) is 0 Å². The zero-order valence-corrected chi connectivity index (χ0v) is 11.6. The Kier molecular flexibility index (Phi) is 5.77. The van der Waals surface area contributed by atoms with Gasteiger partial charge in [0.05, 0.1) is 0 Å². The van der Waals surface area contributed by atoms with Gasteiger partial charge >= 0.3 is 0 Å². The van der Waals surface area contributed by atoms with Gasteiger partial charge in [-0.15, -0.1) is 0 Å². The van der Waals surface area contributed by atoms with E-state index in [1.54, 1.807) is 0 Å². The first-order valence-corrected chi connectivity index (χ1v) is 6.36. The summed E-state index contributed by atoms with van der Waals surface area (Å²) in [6.45, 7) is 3.09. The molecule has 0 atom stereocenters. The average molecular weight is 251 g/mol. The second kappa shape index (κ2) is 7.12. The molecule has 0 heterocycles. The number of nitrogens with one attached hydrogen (secondary N) is 2. The SMILES string of the molecule is CCCCNC(=S)Nc1cccc(N(C)C)c1. The smallest absolute Gasteiger partial charge is 0.170 e. The Morgan fingerprint density at radius 3 is 2.76 bits per heavy atom. The highest BCUT2D eigenvalue weighted by molar-refractivity contribution is 7.80. The van der Waals surface area contributed by atoms with Gasteiger partial charge in [-0.1, -0.05) is 19.4 Å². The van der Waals surface area contributed by atoms with Gasteiger partial charge in [0, 0.05) is 32.0 Å². The van der Waals surface area contributed by atoms with Crippen LogP contribution in [0.5, 0.6) is 0 Å². The van der Waals surface area contributed by atoms with Crippen molar-refractivity contribution < 1.29 is 0 Å². The summed E-state index contributed by atoms with van der Waals surface area (Å²) in [6, 6.07) is 8.18. The monoisotopic (exact) mass is 251 g/mol. The zero-order valence-electron chi connectivity index (χ0n) is 10.8. The molecule has 0 aliphatic heterocycles. The van der Waals surface area contributed by atoms with Crippen LogP contribution in [0.3, 0.4) is 0 Å². The second-order valence-corrected chi connectivity index (χ2v) is 4.59. The molecule has 0 radical (unpaired) electrons. The molecule has 0 saturated heterocycles. The molecule has 1 aromatic rings. The van der Waals surface area contributed by atoms with Crippen LogP contribution < -0.4 is 15.5 Å². The predicted molar refractivity (Wildman–Crippen MR) is 79.9 cm³/mol. The van der Waals surface area contributed by atoms with Gasteiger partial charge in [-0.05, 0) is 36.8 Å². The summed E-state index contributed by atoms with van der Waals surface area (Å²) < 4.78 is 0. The molecular formula is C13H21N3S. The summed E-state index contributed by atoms with van der Waals surface area (Å²) in [5, 5.41) is 7.07. The van der Waals surface area contributed by atoms with Crippen LogP contribution in [0.15, 0.2) is 24.3 Å². The first kappa shape index (κ1) is 13.8. The van der Waals surface area contributed by atoms with Crippen LogP contribution in [-0.2, 0) is 0 Å². The van der Waals surface area contributed by atoms with Crippen LogP contribution in [-0.4, -0.2) is 25.8 Å². The molecule has 0 saturated carbocycles. The third-order valence-electron chi connectivity index (χ3n) is 2.44. The lowest BCUT2D eigenvalue weighted by molar-refractivity contribution is 0.758. The van der Waals surface area contributed by atoms with E-state index in [1.165, 1.54) is 6.42 Å². The summed E-state index contributed by atoms with van der Waals surface area (Å²) in [7, 11) is 4.05. The Morgan fingerprint density at radius 1 is 1.35 bits per heavy atom. The van der Waals surface area contributed by atoms with Crippen LogP contribution in [0.25, 0.3) is 0 Å². The Bertz CT molecular complexity index is 363. The molecule has 1 rings (SSSR count). The number of thiocarbonyl (C=S) groups is 1. The third kappa shape index (κ3) is 5.04. The van der Waals surface area contributed by atoms with Crippen molar-refractivity contribution in [2.75, 3.05) is 30.9 Å². The average Bonchev–Trinajstić information content (AvgIpc) is 2.29. The van der Waals surface area contributed by atoms with Crippen LogP contribution in [0.4, 0.5) is 11.4 Å². The molecule has 94 valence electrons. The molecule has 0 aliphatic rings. The number of anilines is 2. The van der Waals surface area contributed by atoms with Crippen molar-refractivity contribution in [2.45, 2.75) is 19.8 Å². The molecule has 0 spiro atoms. The van der Waals surface area contributed by atoms with E-state index in [0.29, 0.717) is 5.11 Å². The Labute approximate surface area is 109 Å². The number of hydrogen-bond donors (Lipinski definition) is 2. The summed E-state index contributed by atoms with van der Waals surface area (Å²) in [4.78, 5) is 2.07. The van der Waals surface area contributed by atoms with Gasteiger partial charge in [0.2, 0.25) is 0 Å². The van der Waals surface area contributed by atoms with E-state index < -0.39 is 0 Å². The summed E-state index contributed by atoms with van der Waals surface area (Å²) in [6.07, 6.45) is 2.31. The minimum absolute atomic E-state index is 0.689. The van der Waals surface area contributed by atoms with Crippen molar-refractivity contribution >= 4 is 28.7 Å². The standard InChI is InChI=1S/C13H21N3S/c1-4-5-9-14-13(17)15-11-7-6-8-12(10-11)16(2)3/h6-8,10H,4-5,9H2,1-3H3,(H2,14,15,17). The molecule has 0 bridgehead atoms. The molecule has 0 fully saturated rings. The van der Waals surface area contributed by atoms with Gasteiger partial charge in [-0.2, -0.15) is 0 Å². The summed E-state index contributed by atoms with van der Waals surface area (Å²) >= 11 is 5.22. The zero-order chi connectivity index (χ0) is 12.7. The Balaban J connectivity index is 2.50. The highest BCUT2D eigenvalue weighted by atomic mass is 32.1. The Hall–Kier alpha value is -1.29. The number of rotatable bonds is 5. The maximum Gasteiger partial charge on any atom is 0.170 e. The first-order chi connectivity index (χ1) is 8.13. The van der Waals surface area contributed by atoms with Crippen molar-refractivity contribution in [1.82, 2.24) is 5.32 Å². The Morgan fingerprint density at radius 2 is 2.12 bits per heavy atom. The van der Waals surface area contributed by atoms with Crippen LogP contribution in [0.2, 0.25) is 0 Å². The van der Waals surface area contributed by atoms with E-state index in [1.807, 2.05) is 26.2 Å². The lowest BCUT2D eigenvalue weighted by Gasteiger charge is -2.15. The minimum atomic E-state index is 0.689. The van der Waals surface area contributed by atoms with Crippen molar-refractivity contribution in [3.05, 3.63) is 24.3 Å². The molecule has 0 amide bonds. The molecule has 0 unspecified atom stereocenters. The van der Waals surface area contributed by atoms with Crippen molar-refractivity contribution in [2.24, 2.45) is 0 Å². The highest BCUT2D eigenvalue weighted by Crippen LogP contribution is 2.16. The fraction of sp³-hybridized carbons (Fsp3) is 0.462. The van der Waals surface area contributed by atoms with Gasteiger partial charge in [0.25, 0.3) is 0 Å². The lowest BCUT2D eigenvalue weighted by atomic mass is 10.2. The van der Waals surface area contributed by atoms with Crippen LogP contribution in [0, 0.1) is 0 Å². The van der Waals surface area contributed by atoms with Gasteiger partial charge < -0.3 is 15.5 Å². The fourth-order valence-electron chi connectivity index (χ4n) is 1.42. The maximum absolute atomic E-state index is 5.22. The largest absolute Gasteiger partial charge is 0.378 e. The predicted octanol–water partition coefficient (Wildman–Crippen LogP) is 2.84. The molecule has 17 heavy (non-hydrogen) atoms. The van der Waals surface area contributed by atoms with E-state index in [2.05, 4.69) is 34.6 Å². The summed E-state index contributed by atoms with van der Waals surface area (Å²) in [5.41, 5.74) is 2.18. The molecule has 2 N–H and O–H groups in total. The second-order valence-electron chi connectivity index (χ2n) is 4.18. The van der Waals surface area contributed by atoms with Crippen molar-refractivity contribution in [3.63, 3.8) is 0 Å². The molecule has 3 nitrogen and oxygen atoms in total. The van der Waals surface area contributed by atoms with E-state index in [4.69, 9.17) is 12.2 Å². The van der Waals surface area contributed by atoms with Crippen molar-refractivity contribution in [1.29, 1.82) is 0 Å². The quantitative estimate of drug-likeness (QED) is 0.621. The fourth-order valence-corrected chi connectivity index (χ4v) is 1.64. The van der Waals surface area contributed by atoms with Gasteiger partial charge in [0.15, 0.2) is 5.11 Å². The van der Waals surface area contributed by atoms with E-state index >= 15 is 0 Å². The number of unbranched alkanes of at least 4 members (excludes halogenated alkanes) is 1. The topological polar surface area (TPSA) is 27.3 Å². The van der Waals surface area contributed by atoms with E-state index in [-0.39, 0.29) is 0 Å². The molecule has 1 aromatic carbocycles. The van der Waals surface area contributed by atoms with E-state index in [9.17, 15) is 0 Å². The maximum atomic E-state index is 5.22. The normalized spacial score (nSPS) is 9.82. The molecule has 4 heteroatoms. The van der Waals surface area contributed by atoms with Crippen LogP contribution in [0.1, 0.15) is 19.8 Å². The van der Waals surface area contributed by atoms with Crippen molar-refractivity contribution in [3.8, 4) is 0 Å². The number of benzene rings is 1. The minimum Gasteiger partial charge on any atom is -0.378 e. The third-order valence-corrected chi connectivity index (χ3v) is 2.68. The van der Waals surface area contributed by atoms with E-state index in [0.717, 1.165) is 24.3 Å². The number of hydrogen-bond acceptors (Lipinski definition) is 2. The molecular weight excluding hydrogens is 230 g/mol. The molecule has 0 aromatic heterocycles. The van der Waals surface area contributed by atoms with Gasteiger partial charge in [0.1, 0.15) is 0 Å². The number of nitrogens with zero attached hydrogens (tertiary/aromatic N) is 1. The van der Waals surface area contributed by atoms with Crippen LogP contribution >= 0.6 is 12.2 Å². The highest BCUT2D eigenvalue weighted by Gasteiger charge is 1.99. The molecule has 0 aliphatic carbocycles. The summed E-state index contributed by atoms with van der Waals surface area (Å²) in [5.74, 6) is 0.